The maximum atomic E-state index is 13.6. The third-order valence-corrected chi connectivity index (χ3v) is 3.38. The molecule has 0 radical (unpaired) electrons. The van der Waals surface area contributed by atoms with Gasteiger partial charge in [-0.15, -0.1) is 0 Å². The van der Waals surface area contributed by atoms with E-state index in [2.05, 4.69) is 12.2 Å². The average Bonchev–Trinajstić information content (AvgIpc) is 3.19. The van der Waals surface area contributed by atoms with Crippen molar-refractivity contribution >= 4 is 0 Å². The van der Waals surface area contributed by atoms with Gasteiger partial charge in [-0.3, -0.25) is 0 Å². The van der Waals surface area contributed by atoms with Gasteiger partial charge in [0.15, 0.2) is 0 Å². The molecule has 1 aromatic carbocycles. The first-order valence-electron chi connectivity index (χ1n) is 6.86. The van der Waals surface area contributed by atoms with Crippen LogP contribution in [0.4, 0.5) is 4.39 Å². The lowest BCUT2D eigenvalue weighted by molar-refractivity contribution is 0.124. The average molecular weight is 251 g/mol. The van der Waals surface area contributed by atoms with Crippen LogP contribution < -0.4 is 5.32 Å². The van der Waals surface area contributed by atoms with E-state index < -0.39 is 0 Å². The SMILES string of the molecule is CCC(NCCOCC1CC1)c1ccccc1F. The van der Waals surface area contributed by atoms with Crippen molar-refractivity contribution in [2.45, 2.75) is 32.2 Å². The Balaban J connectivity index is 1.72. The molecule has 0 aromatic heterocycles. The summed E-state index contributed by atoms with van der Waals surface area (Å²) >= 11 is 0. The van der Waals surface area contributed by atoms with Gasteiger partial charge in [0.05, 0.1) is 6.61 Å². The molecule has 0 heterocycles. The summed E-state index contributed by atoms with van der Waals surface area (Å²) in [7, 11) is 0. The zero-order valence-electron chi connectivity index (χ0n) is 11.0. The molecule has 1 aliphatic carbocycles. The normalized spacial score (nSPS) is 16.8. The summed E-state index contributed by atoms with van der Waals surface area (Å²) in [6, 6.07) is 7.05. The van der Waals surface area contributed by atoms with Crippen LogP contribution in [0.15, 0.2) is 24.3 Å². The molecule has 2 rings (SSSR count). The quantitative estimate of drug-likeness (QED) is 0.716. The fourth-order valence-corrected chi connectivity index (χ4v) is 2.07. The molecular weight excluding hydrogens is 229 g/mol. The van der Waals surface area contributed by atoms with Crippen molar-refractivity contribution in [2.24, 2.45) is 5.92 Å². The van der Waals surface area contributed by atoms with Gasteiger partial charge in [0.1, 0.15) is 5.82 Å². The van der Waals surface area contributed by atoms with E-state index in [1.807, 2.05) is 12.1 Å². The molecule has 0 amide bonds. The zero-order chi connectivity index (χ0) is 12.8. The van der Waals surface area contributed by atoms with E-state index in [9.17, 15) is 4.39 Å². The Morgan fingerprint density at radius 1 is 1.39 bits per heavy atom. The largest absolute Gasteiger partial charge is 0.380 e. The van der Waals surface area contributed by atoms with Crippen LogP contribution in [0.3, 0.4) is 0 Å². The van der Waals surface area contributed by atoms with Gasteiger partial charge >= 0.3 is 0 Å². The molecule has 1 atom stereocenters. The van der Waals surface area contributed by atoms with Crippen LogP contribution >= 0.6 is 0 Å². The molecule has 1 fully saturated rings. The minimum Gasteiger partial charge on any atom is -0.380 e. The molecule has 1 aliphatic rings. The minimum atomic E-state index is -0.129. The van der Waals surface area contributed by atoms with Crippen LogP contribution in [0.2, 0.25) is 0 Å². The first-order valence-corrected chi connectivity index (χ1v) is 6.86. The van der Waals surface area contributed by atoms with Crippen molar-refractivity contribution < 1.29 is 9.13 Å². The Morgan fingerprint density at radius 3 is 2.83 bits per heavy atom. The number of hydrogen-bond donors (Lipinski definition) is 1. The number of rotatable bonds is 8. The van der Waals surface area contributed by atoms with E-state index >= 15 is 0 Å². The lowest BCUT2D eigenvalue weighted by Crippen LogP contribution is -2.25. The molecule has 3 heteroatoms. The molecule has 1 unspecified atom stereocenters. The van der Waals surface area contributed by atoms with Crippen LogP contribution in [0, 0.1) is 11.7 Å². The highest BCUT2D eigenvalue weighted by Gasteiger charge is 2.21. The van der Waals surface area contributed by atoms with Gasteiger partial charge < -0.3 is 10.1 Å². The monoisotopic (exact) mass is 251 g/mol. The Labute approximate surface area is 109 Å². The summed E-state index contributed by atoms with van der Waals surface area (Å²) in [6.07, 6.45) is 3.52. The van der Waals surface area contributed by atoms with Crippen LogP contribution in [0.25, 0.3) is 0 Å². The lowest BCUT2D eigenvalue weighted by atomic mass is 10.0. The summed E-state index contributed by atoms with van der Waals surface area (Å²) in [4.78, 5) is 0. The zero-order valence-corrected chi connectivity index (χ0v) is 11.0. The summed E-state index contributed by atoms with van der Waals surface area (Å²) < 4.78 is 19.2. The minimum absolute atomic E-state index is 0.0794. The van der Waals surface area contributed by atoms with Crippen molar-refractivity contribution in [1.82, 2.24) is 5.32 Å². The van der Waals surface area contributed by atoms with Gasteiger partial charge in [-0.1, -0.05) is 25.1 Å². The summed E-state index contributed by atoms with van der Waals surface area (Å²) in [6.45, 7) is 4.44. The van der Waals surface area contributed by atoms with Gasteiger partial charge in [0, 0.05) is 24.8 Å². The third kappa shape index (κ3) is 4.07. The highest BCUT2D eigenvalue weighted by molar-refractivity contribution is 5.20. The number of benzene rings is 1. The molecule has 2 nitrogen and oxygen atoms in total. The first-order chi connectivity index (χ1) is 8.81. The van der Waals surface area contributed by atoms with Crippen molar-refractivity contribution in [3.63, 3.8) is 0 Å². The molecule has 1 aromatic rings. The predicted molar refractivity (Wildman–Crippen MR) is 71.0 cm³/mol. The van der Waals surface area contributed by atoms with Crippen LogP contribution in [0.5, 0.6) is 0 Å². The van der Waals surface area contributed by atoms with Gasteiger partial charge in [-0.25, -0.2) is 4.39 Å². The second kappa shape index (κ2) is 6.86. The van der Waals surface area contributed by atoms with E-state index in [0.29, 0.717) is 6.61 Å². The van der Waals surface area contributed by atoms with E-state index in [4.69, 9.17) is 4.74 Å². The van der Waals surface area contributed by atoms with E-state index in [0.717, 1.165) is 31.1 Å². The predicted octanol–water partition coefficient (Wildman–Crippen LogP) is 3.29. The second-order valence-electron chi connectivity index (χ2n) is 4.95. The van der Waals surface area contributed by atoms with Crippen LogP contribution in [-0.2, 0) is 4.74 Å². The summed E-state index contributed by atoms with van der Waals surface area (Å²) in [5.74, 6) is 0.675. The molecule has 0 aliphatic heterocycles. The maximum absolute atomic E-state index is 13.6. The Bertz CT molecular complexity index is 365. The molecule has 1 saturated carbocycles. The topological polar surface area (TPSA) is 21.3 Å². The van der Waals surface area contributed by atoms with Crippen LogP contribution in [0.1, 0.15) is 37.8 Å². The summed E-state index contributed by atoms with van der Waals surface area (Å²) in [5.41, 5.74) is 0.752. The van der Waals surface area contributed by atoms with Crippen molar-refractivity contribution in [2.75, 3.05) is 19.8 Å². The Hall–Kier alpha value is -0.930. The van der Waals surface area contributed by atoms with Gasteiger partial charge in [-0.2, -0.15) is 0 Å². The lowest BCUT2D eigenvalue weighted by Gasteiger charge is -2.18. The Morgan fingerprint density at radius 2 is 2.17 bits per heavy atom. The van der Waals surface area contributed by atoms with Gasteiger partial charge in [-0.05, 0) is 31.2 Å². The number of nitrogens with one attached hydrogen (secondary N) is 1. The van der Waals surface area contributed by atoms with Gasteiger partial charge in [0.2, 0.25) is 0 Å². The van der Waals surface area contributed by atoms with E-state index in [1.54, 1.807) is 6.07 Å². The van der Waals surface area contributed by atoms with Gasteiger partial charge in [0.25, 0.3) is 0 Å². The standard InChI is InChI=1S/C15H22FNO/c1-2-15(13-5-3-4-6-14(13)16)17-9-10-18-11-12-7-8-12/h3-6,12,15,17H,2,7-11H2,1H3. The van der Waals surface area contributed by atoms with Crippen molar-refractivity contribution in [1.29, 1.82) is 0 Å². The Kier molecular flexibility index (Phi) is 5.14. The molecule has 1 N–H and O–H groups in total. The van der Waals surface area contributed by atoms with E-state index in [-0.39, 0.29) is 11.9 Å². The summed E-state index contributed by atoms with van der Waals surface area (Å²) in [5, 5.41) is 3.36. The molecule has 18 heavy (non-hydrogen) atoms. The van der Waals surface area contributed by atoms with Crippen LogP contribution in [-0.4, -0.2) is 19.8 Å². The molecular formula is C15H22FNO. The smallest absolute Gasteiger partial charge is 0.127 e. The fourth-order valence-electron chi connectivity index (χ4n) is 2.07. The highest BCUT2D eigenvalue weighted by atomic mass is 19.1. The number of ether oxygens (including phenoxy) is 1. The highest BCUT2D eigenvalue weighted by Crippen LogP contribution is 2.28. The first kappa shape index (κ1) is 13.5. The van der Waals surface area contributed by atoms with Crippen molar-refractivity contribution in [3.8, 4) is 0 Å². The fraction of sp³-hybridized carbons (Fsp3) is 0.600. The molecule has 0 saturated heterocycles. The van der Waals surface area contributed by atoms with Crippen molar-refractivity contribution in [3.05, 3.63) is 35.6 Å². The molecule has 0 spiro atoms. The second-order valence-corrected chi connectivity index (χ2v) is 4.95. The number of hydrogen-bond acceptors (Lipinski definition) is 2. The maximum Gasteiger partial charge on any atom is 0.127 e. The number of halogens is 1. The molecule has 100 valence electrons. The van der Waals surface area contributed by atoms with E-state index in [1.165, 1.54) is 18.9 Å². The molecule has 0 bridgehead atoms. The third-order valence-electron chi connectivity index (χ3n) is 3.38.